The maximum atomic E-state index is 11.2. The van der Waals surface area contributed by atoms with E-state index in [1.54, 1.807) is 6.92 Å². The average molecular weight is 170 g/mol. The van der Waals surface area contributed by atoms with Gasteiger partial charge in [0.2, 0.25) is 0 Å². The maximum absolute atomic E-state index is 11.2. The van der Waals surface area contributed by atoms with Crippen molar-refractivity contribution < 1.29 is 14.3 Å². The predicted octanol–water partition coefficient (Wildman–Crippen LogP) is 1.16. The largest absolute Gasteiger partial charge is 0.466 e. The van der Waals surface area contributed by atoms with Gasteiger partial charge in [0.05, 0.1) is 6.61 Å². The number of Topliss-reactive ketones (excluding diaryl/α,β-unsaturated/α-hetero) is 1. The van der Waals surface area contributed by atoms with Crippen LogP contribution in [0.2, 0.25) is 0 Å². The summed E-state index contributed by atoms with van der Waals surface area (Å²) in [5, 5.41) is 0. The Morgan fingerprint density at radius 3 is 2.50 bits per heavy atom. The van der Waals surface area contributed by atoms with E-state index < -0.39 is 0 Å². The van der Waals surface area contributed by atoms with E-state index in [0.717, 1.165) is 6.42 Å². The molecular formula is C9H14O3. The Kier molecular flexibility index (Phi) is 2.84. The number of carbonyl (C=O) groups is 2. The lowest BCUT2D eigenvalue weighted by Gasteiger charge is -1.99. The lowest BCUT2D eigenvalue weighted by molar-refractivity contribution is -0.145. The number of esters is 1. The normalized spacial score (nSPS) is 26.5. The van der Waals surface area contributed by atoms with Crippen LogP contribution in [0.5, 0.6) is 0 Å². The molecular weight excluding hydrogens is 156 g/mol. The van der Waals surface area contributed by atoms with Gasteiger partial charge in [-0.15, -0.1) is 0 Å². The molecule has 0 N–H and O–H groups in total. The quantitative estimate of drug-likeness (QED) is 0.469. The highest BCUT2D eigenvalue weighted by Crippen LogP contribution is 2.39. The molecule has 0 amide bonds. The number of hydrogen-bond donors (Lipinski definition) is 0. The molecule has 0 aromatic heterocycles. The molecule has 1 aliphatic carbocycles. The zero-order chi connectivity index (χ0) is 9.14. The van der Waals surface area contributed by atoms with Crippen molar-refractivity contribution in [3.63, 3.8) is 0 Å². The minimum Gasteiger partial charge on any atom is -0.466 e. The SMILES string of the molecule is CCOC(=O)CC(=O)C1CC1C. The predicted molar refractivity (Wildman–Crippen MR) is 43.5 cm³/mol. The lowest BCUT2D eigenvalue weighted by atomic mass is 10.2. The van der Waals surface area contributed by atoms with Crippen LogP contribution in [0.25, 0.3) is 0 Å². The molecule has 0 radical (unpaired) electrons. The van der Waals surface area contributed by atoms with Gasteiger partial charge in [0, 0.05) is 5.92 Å². The fraction of sp³-hybridized carbons (Fsp3) is 0.778. The van der Waals surface area contributed by atoms with Crippen LogP contribution < -0.4 is 0 Å². The lowest BCUT2D eigenvalue weighted by Crippen LogP contribution is -2.12. The van der Waals surface area contributed by atoms with E-state index in [1.165, 1.54) is 0 Å². The van der Waals surface area contributed by atoms with Gasteiger partial charge in [0.25, 0.3) is 0 Å². The highest BCUT2D eigenvalue weighted by Gasteiger charge is 2.39. The first-order valence-corrected chi connectivity index (χ1v) is 4.33. The van der Waals surface area contributed by atoms with Crippen LogP contribution in [-0.2, 0) is 14.3 Å². The molecule has 0 heterocycles. The van der Waals surface area contributed by atoms with Crippen molar-refractivity contribution in [2.75, 3.05) is 6.61 Å². The number of rotatable bonds is 4. The first-order valence-electron chi connectivity index (χ1n) is 4.33. The molecule has 0 bridgehead atoms. The summed E-state index contributed by atoms with van der Waals surface area (Å²) in [4.78, 5) is 22.0. The Labute approximate surface area is 72.1 Å². The fourth-order valence-corrected chi connectivity index (χ4v) is 1.26. The Bertz CT molecular complexity index is 198. The van der Waals surface area contributed by atoms with Crippen molar-refractivity contribution in [2.45, 2.75) is 26.7 Å². The van der Waals surface area contributed by atoms with Crippen molar-refractivity contribution in [3.8, 4) is 0 Å². The highest BCUT2D eigenvalue weighted by molar-refractivity contribution is 5.98. The van der Waals surface area contributed by atoms with Crippen molar-refractivity contribution >= 4 is 11.8 Å². The van der Waals surface area contributed by atoms with Crippen LogP contribution in [0.4, 0.5) is 0 Å². The summed E-state index contributed by atoms with van der Waals surface area (Å²) in [6.45, 7) is 4.11. The second-order valence-electron chi connectivity index (χ2n) is 3.27. The monoisotopic (exact) mass is 170 g/mol. The Morgan fingerprint density at radius 1 is 1.50 bits per heavy atom. The highest BCUT2D eigenvalue weighted by atomic mass is 16.5. The van der Waals surface area contributed by atoms with Crippen molar-refractivity contribution in [3.05, 3.63) is 0 Å². The number of carbonyl (C=O) groups excluding carboxylic acids is 2. The molecule has 1 rings (SSSR count). The maximum Gasteiger partial charge on any atom is 0.313 e. The standard InChI is InChI=1S/C9H14O3/c1-3-12-9(11)5-8(10)7-4-6(7)2/h6-7H,3-5H2,1-2H3. The van der Waals surface area contributed by atoms with Gasteiger partial charge in [-0.3, -0.25) is 9.59 Å². The molecule has 1 saturated carbocycles. The van der Waals surface area contributed by atoms with E-state index >= 15 is 0 Å². The summed E-state index contributed by atoms with van der Waals surface area (Å²) in [6.07, 6.45) is 0.904. The van der Waals surface area contributed by atoms with Crippen LogP contribution in [0, 0.1) is 11.8 Å². The summed E-state index contributed by atoms with van der Waals surface area (Å²) in [5.74, 6) is 0.267. The summed E-state index contributed by atoms with van der Waals surface area (Å²) in [7, 11) is 0. The van der Waals surface area contributed by atoms with Gasteiger partial charge in [0.15, 0.2) is 0 Å². The molecule has 1 aliphatic rings. The molecule has 0 saturated heterocycles. The zero-order valence-electron chi connectivity index (χ0n) is 7.50. The van der Waals surface area contributed by atoms with Crippen LogP contribution in [0.3, 0.4) is 0 Å². The van der Waals surface area contributed by atoms with Gasteiger partial charge in [0.1, 0.15) is 12.2 Å². The van der Waals surface area contributed by atoms with E-state index in [2.05, 4.69) is 4.74 Å². The minimum atomic E-state index is -0.387. The average Bonchev–Trinajstić information content (AvgIpc) is 2.67. The van der Waals surface area contributed by atoms with Crippen molar-refractivity contribution in [1.29, 1.82) is 0 Å². The summed E-state index contributed by atoms with van der Waals surface area (Å²) in [5.41, 5.74) is 0. The molecule has 12 heavy (non-hydrogen) atoms. The van der Waals surface area contributed by atoms with Crippen LogP contribution in [0.15, 0.2) is 0 Å². The minimum absolute atomic E-state index is 0.0388. The van der Waals surface area contributed by atoms with Crippen LogP contribution in [0.1, 0.15) is 26.7 Å². The van der Waals surface area contributed by atoms with E-state index in [4.69, 9.17) is 0 Å². The topological polar surface area (TPSA) is 43.4 Å². The molecule has 3 nitrogen and oxygen atoms in total. The summed E-state index contributed by atoms with van der Waals surface area (Å²) in [6, 6.07) is 0. The number of ether oxygens (including phenoxy) is 1. The van der Waals surface area contributed by atoms with Gasteiger partial charge in [-0.2, -0.15) is 0 Å². The third-order valence-corrected chi connectivity index (χ3v) is 2.15. The van der Waals surface area contributed by atoms with E-state index in [0.29, 0.717) is 12.5 Å². The molecule has 3 heteroatoms. The van der Waals surface area contributed by atoms with Crippen molar-refractivity contribution in [2.24, 2.45) is 11.8 Å². The first kappa shape index (κ1) is 9.23. The Morgan fingerprint density at radius 2 is 2.08 bits per heavy atom. The van der Waals surface area contributed by atoms with E-state index in [1.807, 2.05) is 6.92 Å². The van der Waals surface area contributed by atoms with E-state index in [9.17, 15) is 9.59 Å². The Hall–Kier alpha value is -0.860. The molecule has 1 fully saturated rings. The molecule has 0 aromatic rings. The molecule has 0 aliphatic heterocycles. The smallest absolute Gasteiger partial charge is 0.313 e. The molecule has 2 unspecified atom stereocenters. The first-order chi connectivity index (χ1) is 5.65. The number of ketones is 1. The third-order valence-electron chi connectivity index (χ3n) is 2.15. The third kappa shape index (κ3) is 2.32. The number of hydrogen-bond acceptors (Lipinski definition) is 3. The fourth-order valence-electron chi connectivity index (χ4n) is 1.26. The van der Waals surface area contributed by atoms with Gasteiger partial charge >= 0.3 is 5.97 Å². The van der Waals surface area contributed by atoms with Gasteiger partial charge in [-0.05, 0) is 19.3 Å². The molecule has 0 aromatic carbocycles. The van der Waals surface area contributed by atoms with E-state index in [-0.39, 0.29) is 24.1 Å². The second kappa shape index (κ2) is 3.70. The van der Waals surface area contributed by atoms with Gasteiger partial charge in [-0.1, -0.05) is 6.92 Å². The Balaban J connectivity index is 2.22. The summed E-state index contributed by atoms with van der Waals surface area (Å²) >= 11 is 0. The van der Waals surface area contributed by atoms with Gasteiger partial charge in [-0.25, -0.2) is 0 Å². The van der Waals surface area contributed by atoms with Crippen LogP contribution >= 0.6 is 0 Å². The second-order valence-corrected chi connectivity index (χ2v) is 3.27. The molecule has 2 atom stereocenters. The zero-order valence-corrected chi connectivity index (χ0v) is 7.50. The summed E-state index contributed by atoms with van der Waals surface area (Å²) < 4.78 is 4.67. The molecule has 68 valence electrons. The van der Waals surface area contributed by atoms with Gasteiger partial charge < -0.3 is 4.74 Å². The van der Waals surface area contributed by atoms with Crippen LogP contribution in [-0.4, -0.2) is 18.4 Å². The molecule has 0 spiro atoms. The van der Waals surface area contributed by atoms with Crippen molar-refractivity contribution in [1.82, 2.24) is 0 Å².